The third-order valence-corrected chi connectivity index (χ3v) is 6.85. The summed E-state index contributed by atoms with van der Waals surface area (Å²) < 4.78 is 2.21. The number of piperazine rings is 1. The number of aromatic nitrogens is 3. The summed E-state index contributed by atoms with van der Waals surface area (Å²) in [5.74, 6) is 1.74. The van der Waals surface area contributed by atoms with Crippen LogP contribution in [-0.4, -0.2) is 62.4 Å². The van der Waals surface area contributed by atoms with Gasteiger partial charge in [0.25, 0.3) is 0 Å². The van der Waals surface area contributed by atoms with E-state index in [1.165, 1.54) is 24.8 Å². The zero-order chi connectivity index (χ0) is 19.3. The lowest BCUT2D eigenvalue weighted by Crippen LogP contribution is -2.49. The van der Waals surface area contributed by atoms with E-state index in [0.29, 0.717) is 11.8 Å². The lowest BCUT2D eigenvalue weighted by molar-refractivity contribution is -0.130. The number of aryl methyl sites for hydroxylation is 1. The number of hydrogen-bond donors (Lipinski definition) is 0. The number of benzene rings is 1. The van der Waals surface area contributed by atoms with Crippen LogP contribution in [0.25, 0.3) is 0 Å². The molecule has 3 heterocycles. The first-order chi connectivity index (χ1) is 13.7. The van der Waals surface area contributed by atoms with E-state index in [-0.39, 0.29) is 5.91 Å². The van der Waals surface area contributed by atoms with E-state index < -0.39 is 0 Å². The second-order valence-electron chi connectivity index (χ2n) is 7.65. The van der Waals surface area contributed by atoms with Crippen LogP contribution in [0.15, 0.2) is 35.5 Å². The zero-order valence-electron chi connectivity index (χ0n) is 16.6. The lowest BCUT2D eigenvalue weighted by Gasteiger charge is -2.38. The summed E-state index contributed by atoms with van der Waals surface area (Å²) in [4.78, 5) is 17.2. The number of amides is 1. The van der Waals surface area contributed by atoms with Gasteiger partial charge in [0.15, 0.2) is 5.16 Å². The van der Waals surface area contributed by atoms with Gasteiger partial charge in [-0.1, -0.05) is 48.5 Å². The van der Waals surface area contributed by atoms with Gasteiger partial charge in [0.2, 0.25) is 5.91 Å². The highest BCUT2D eigenvalue weighted by Crippen LogP contribution is 2.24. The Balaban J connectivity index is 1.27. The number of rotatable bonds is 5. The van der Waals surface area contributed by atoms with E-state index in [4.69, 9.17) is 0 Å². The molecule has 6 nitrogen and oxygen atoms in total. The molecule has 1 unspecified atom stereocenters. The molecule has 1 fully saturated rings. The molecule has 1 atom stereocenters. The molecule has 150 valence electrons. The Bertz CT molecular complexity index is 785. The van der Waals surface area contributed by atoms with Crippen molar-refractivity contribution in [3.05, 3.63) is 41.7 Å². The van der Waals surface area contributed by atoms with E-state index in [2.05, 4.69) is 56.9 Å². The van der Waals surface area contributed by atoms with E-state index in [9.17, 15) is 4.79 Å². The highest BCUT2D eigenvalue weighted by atomic mass is 32.2. The summed E-state index contributed by atoms with van der Waals surface area (Å²) >= 11 is 1.54. The molecule has 2 aliphatic rings. The molecule has 2 aliphatic heterocycles. The highest BCUT2D eigenvalue weighted by Gasteiger charge is 2.25. The fourth-order valence-corrected chi connectivity index (χ4v) is 4.97. The molecule has 0 bridgehead atoms. The maximum atomic E-state index is 12.7. The number of fused-ring (bicyclic) bond motifs is 1. The first kappa shape index (κ1) is 19.5. The van der Waals surface area contributed by atoms with Crippen molar-refractivity contribution in [2.45, 2.75) is 50.4 Å². The number of hydrogen-bond acceptors (Lipinski definition) is 5. The number of carbonyl (C=O) groups is 1. The van der Waals surface area contributed by atoms with Crippen molar-refractivity contribution in [3.63, 3.8) is 0 Å². The SMILES string of the molecule is CC(c1ccccc1)N1CCN(C(=O)CSc2nnc3n2CCCCC3)CC1. The van der Waals surface area contributed by atoms with E-state index in [1.54, 1.807) is 11.8 Å². The average Bonchev–Trinajstić information content (AvgIpc) is 2.98. The fraction of sp³-hybridized carbons (Fsp3) is 0.571. The largest absolute Gasteiger partial charge is 0.339 e. The van der Waals surface area contributed by atoms with Crippen LogP contribution in [0.3, 0.4) is 0 Å². The van der Waals surface area contributed by atoms with Gasteiger partial charge < -0.3 is 9.47 Å². The van der Waals surface area contributed by atoms with Crippen molar-refractivity contribution in [2.24, 2.45) is 0 Å². The van der Waals surface area contributed by atoms with Crippen molar-refractivity contribution in [3.8, 4) is 0 Å². The summed E-state index contributed by atoms with van der Waals surface area (Å²) in [6, 6.07) is 11.0. The van der Waals surface area contributed by atoms with Crippen LogP contribution in [0.1, 0.15) is 43.6 Å². The van der Waals surface area contributed by atoms with Crippen LogP contribution >= 0.6 is 11.8 Å². The number of carbonyl (C=O) groups excluding carboxylic acids is 1. The van der Waals surface area contributed by atoms with Gasteiger partial charge in [-0.2, -0.15) is 0 Å². The predicted octanol–water partition coefficient (Wildman–Crippen LogP) is 3.00. The number of thioether (sulfide) groups is 1. The van der Waals surface area contributed by atoms with Gasteiger partial charge in [-0.05, 0) is 25.3 Å². The second-order valence-corrected chi connectivity index (χ2v) is 8.60. The smallest absolute Gasteiger partial charge is 0.233 e. The zero-order valence-corrected chi connectivity index (χ0v) is 17.4. The highest BCUT2D eigenvalue weighted by molar-refractivity contribution is 7.99. The van der Waals surface area contributed by atoms with Crippen LogP contribution in [0, 0.1) is 0 Å². The second kappa shape index (κ2) is 9.09. The minimum Gasteiger partial charge on any atom is -0.339 e. The third-order valence-electron chi connectivity index (χ3n) is 5.90. The molecule has 0 radical (unpaired) electrons. The Labute approximate surface area is 171 Å². The van der Waals surface area contributed by atoms with Gasteiger partial charge in [0, 0.05) is 45.2 Å². The minimum atomic E-state index is 0.211. The van der Waals surface area contributed by atoms with Crippen LogP contribution in [0.5, 0.6) is 0 Å². The van der Waals surface area contributed by atoms with Crippen molar-refractivity contribution in [2.75, 3.05) is 31.9 Å². The van der Waals surface area contributed by atoms with Crippen molar-refractivity contribution in [1.29, 1.82) is 0 Å². The Morgan fingerprint density at radius 3 is 2.61 bits per heavy atom. The molecular weight excluding hydrogens is 370 g/mol. The van der Waals surface area contributed by atoms with Crippen LogP contribution in [0.4, 0.5) is 0 Å². The first-order valence-electron chi connectivity index (χ1n) is 10.3. The third kappa shape index (κ3) is 4.41. The van der Waals surface area contributed by atoms with Crippen molar-refractivity contribution >= 4 is 17.7 Å². The van der Waals surface area contributed by atoms with Gasteiger partial charge in [0.05, 0.1) is 5.75 Å². The van der Waals surface area contributed by atoms with Gasteiger partial charge in [-0.15, -0.1) is 10.2 Å². The summed E-state index contributed by atoms with van der Waals surface area (Å²) in [5.41, 5.74) is 1.34. The summed E-state index contributed by atoms with van der Waals surface area (Å²) in [6.45, 7) is 6.68. The lowest BCUT2D eigenvalue weighted by atomic mass is 10.1. The van der Waals surface area contributed by atoms with Gasteiger partial charge in [-0.3, -0.25) is 9.69 Å². The molecule has 2 aromatic rings. The van der Waals surface area contributed by atoms with Crippen LogP contribution < -0.4 is 0 Å². The first-order valence-corrected chi connectivity index (χ1v) is 11.3. The molecule has 0 aliphatic carbocycles. The standard InChI is InChI=1S/C21H29N5OS/c1-17(18-8-4-2-5-9-18)24-12-14-25(15-13-24)20(27)16-28-21-23-22-19-10-6-3-7-11-26(19)21/h2,4-5,8-9,17H,3,6-7,10-16H2,1H3. The van der Waals surface area contributed by atoms with E-state index in [1.807, 2.05) is 4.90 Å². The fourth-order valence-electron chi connectivity index (χ4n) is 4.08. The van der Waals surface area contributed by atoms with Crippen LogP contribution in [0.2, 0.25) is 0 Å². The molecule has 0 N–H and O–H groups in total. The van der Waals surface area contributed by atoms with E-state index >= 15 is 0 Å². The molecule has 1 saturated heterocycles. The molecule has 1 amide bonds. The molecule has 1 aromatic carbocycles. The van der Waals surface area contributed by atoms with E-state index in [0.717, 1.165) is 50.1 Å². The topological polar surface area (TPSA) is 54.3 Å². The minimum absolute atomic E-state index is 0.211. The number of nitrogens with zero attached hydrogens (tertiary/aromatic N) is 5. The summed E-state index contributed by atoms with van der Waals surface area (Å²) in [7, 11) is 0. The monoisotopic (exact) mass is 399 g/mol. The maximum absolute atomic E-state index is 12.7. The Morgan fingerprint density at radius 1 is 1.04 bits per heavy atom. The van der Waals surface area contributed by atoms with Gasteiger partial charge in [-0.25, -0.2) is 0 Å². The molecule has 0 saturated carbocycles. The summed E-state index contributed by atoms with van der Waals surface area (Å²) in [5, 5.41) is 9.55. The van der Waals surface area contributed by atoms with Crippen LogP contribution in [-0.2, 0) is 17.8 Å². The Kier molecular flexibility index (Phi) is 6.32. The van der Waals surface area contributed by atoms with Gasteiger partial charge in [0.1, 0.15) is 5.82 Å². The van der Waals surface area contributed by atoms with Gasteiger partial charge >= 0.3 is 0 Å². The molecule has 1 aromatic heterocycles. The average molecular weight is 400 g/mol. The van der Waals surface area contributed by atoms with Crippen molar-refractivity contribution in [1.82, 2.24) is 24.6 Å². The molecule has 4 rings (SSSR count). The quantitative estimate of drug-likeness (QED) is 0.724. The maximum Gasteiger partial charge on any atom is 0.233 e. The Morgan fingerprint density at radius 2 is 1.82 bits per heavy atom. The normalized spacial score (nSPS) is 19.1. The molecule has 0 spiro atoms. The predicted molar refractivity (Wildman–Crippen MR) is 111 cm³/mol. The van der Waals surface area contributed by atoms with Crippen molar-refractivity contribution < 1.29 is 4.79 Å². The summed E-state index contributed by atoms with van der Waals surface area (Å²) in [6.07, 6.45) is 4.61. The Hall–Kier alpha value is -1.86. The molecular formula is C21H29N5OS. The molecule has 7 heteroatoms. The molecule has 28 heavy (non-hydrogen) atoms.